The maximum Gasteiger partial charge on any atom is 0.0740 e. The van der Waals surface area contributed by atoms with Crippen LogP contribution in [0.2, 0.25) is 0 Å². The van der Waals surface area contributed by atoms with Crippen LogP contribution in [0.3, 0.4) is 0 Å². The van der Waals surface area contributed by atoms with Gasteiger partial charge in [0.25, 0.3) is 0 Å². The number of thiocarbonyl (C=S) groups is 1. The predicted molar refractivity (Wildman–Crippen MR) is 76.3 cm³/mol. The Labute approximate surface area is 111 Å². The first-order chi connectivity index (χ1) is 8.13. The number of hydrogen-bond donors (Lipinski definition) is 1. The van der Waals surface area contributed by atoms with Gasteiger partial charge in [-0.3, -0.25) is 4.90 Å². The van der Waals surface area contributed by atoms with E-state index in [0.29, 0.717) is 11.0 Å². The molecule has 2 atom stereocenters. The van der Waals surface area contributed by atoms with Crippen LogP contribution in [-0.4, -0.2) is 42.7 Å². The van der Waals surface area contributed by atoms with Gasteiger partial charge in [-0.1, -0.05) is 32.0 Å². The van der Waals surface area contributed by atoms with Crippen molar-refractivity contribution in [3.05, 3.63) is 0 Å². The molecule has 100 valence electrons. The molecule has 0 radical (unpaired) electrons. The average Bonchev–Trinajstić information content (AvgIpc) is 2.29. The van der Waals surface area contributed by atoms with Crippen molar-refractivity contribution in [1.29, 1.82) is 0 Å². The Bertz CT molecular complexity index is 235. The van der Waals surface area contributed by atoms with Crippen molar-refractivity contribution >= 4 is 17.2 Å². The summed E-state index contributed by atoms with van der Waals surface area (Å²) in [6.07, 6.45) is 6.17. The van der Waals surface area contributed by atoms with E-state index in [2.05, 4.69) is 11.8 Å². The number of rotatable bonds is 7. The normalized spacial score (nSPS) is 25.1. The lowest BCUT2D eigenvalue weighted by atomic mass is 9.86. The van der Waals surface area contributed by atoms with Crippen molar-refractivity contribution in [1.82, 2.24) is 4.90 Å². The monoisotopic (exact) mass is 258 g/mol. The van der Waals surface area contributed by atoms with Gasteiger partial charge in [-0.15, -0.1) is 0 Å². The van der Waals surface area contributed by atoms with Gasteiger partial charge in [0.05, 0.1) is 11.6 Å². The van der Waals surface area contributed by atoms with Crippen LogP contribution in [-0.2, 0) is 4.74 Å². The second-order valence-corrected chi connectivity index (χ2v) is 5.70. The molecule has 1 aliphatic rings. The van der Waals surface area contributed by atoms with E-state index in [4.69, 9.17) is 22.7 Å². The fourth-order valence-corrected chi connectivity index (χ4v) is 2.76. The molecule has 0 amide bonds. The molecule has 3 nitrogen and oxygen atoms in total. The first kappa shape index (κ1) is 14.9. The fraction of sp³-hybridized carbons (Fsp3) is 0.923. The lowest BCUT2D eigenvalue weighted by molar-refractivity contribution is 0.0936. The standard InChI is InChI=1S/C13H26N2OS/c1-11-4-3-5-12(10-11)15(8-9-16-2)7-6-13(14)17/h11-12H,3-10H2,1-2H3,(H2,14,17). The summed E-state index contributed by atoms with van der Waals surface area (Å²) in [6.45, 7) is 5.13. The van der Waals surface area contributed by atoms with Gasteiger partial charge in [0.2, 0.25) is 0 Å². The Morgan fingerprint density at radius 2 is 2.18 bits per heavy atom. The molecule has 1 fully saturated rings. The molecule has 1 saturated carbocycles. The van der Waals surface area contributed by atoms with Crippen LogP contribution < -0.4 is 5.73 Å². The Kier molecular flexibility index (Phi) is 7.00. The van der Waals surface area contributed by atoms with Crippen LogP contribution in [0.4, 0.5) is 0 Å². The van der Waals surface area contributed by atoms with Crippen LogP contribution in [0, 0.1) is 5.92 Å². The molecule has 0 bridgehead atoms. The van der Waals surface area contributed by atoms with Gasteiger partial charge in [0, 0.05) is 32.7 Å². The molecule has 2 N–H and O–H groups in total. The second-order valence-electron chi connectivity index (χ2n) is 5.17. The van der Waals surface area contributed by atoms with E-state index in [9.17, 15) is 0 Å². The third kappa shape index (κ3) is 5.80. The lowest BCUT2D eigenvalue weighted by Gasteiger charge is -2.36. The summed E-state index contributed by atoms with van der Waals surface area (Å²) in [4.78, 5) is 3.13. The van der Waals surface area contributed by atoms with Crippen molar-refractivity contribution in [2.45, 2.75) is 45.1 Å². The topological polar surface area (TPSA) is 38.5 Å². The zero-order valence-electron chi connectivity index (χ0n) is 11.2. The van der Waals surface area contributed by atoms with Crippen molar-refractivity contribution < 1.29 is 4.74 Å². The summed E-state index contributed by atoms with van der Waals surface area (Å²) in [5.74, 6) is 0.851. The number of ether oxygens (including phenoxy) is 1. The van der Waals surface area contributed by atoms with E-state index in [1.807, 2.05) is 0 Å². The zero-order valence-corrected chi connectivity index (χ0v) is 12.0. The van der Waals surface area contributed by atoms with E-state index in [1.54, 1.807) is 7.11 Å². The third-order valence-corrected chi connectivity index (χ3v) is 3.86. The van der Waals surface area contributed by atoms with Crippen LogP contribution in [0.25, 0.3) is 0 Å². The molecule has 1 rings (SSSR count). The summed E-state index contributed by atoms with van der Waals surface area (Å²) >= 11 is 4.97. The largest absolute Gasteiger partial charge is 0.393 e. The minimum absolute atomic E-state index is 0.622. The highest BCUT2D eigenvalue weighted by molar-refractivity contribution is 7.80. The number of nitrogens with zero attached hydrogens (tertiary/aromatic N) is 1. The summed E-state index contributed by atoms with van der Waals surface area (Å²) in [5.41, 5.74) is 5.60. The van der Waals surface area contributed by atoms with E-state index >= 15 is 0 Å². The quantitative estimate of drug-likeness (QED) is 0.711. The van der Waals surface area contributed by atoms with E-state index in [-0.39, 0.29) is 0 Å². The zero-order chi connectivity index (χ0) is 12.7. The molecule has 0 aliphatic heterocycles. The van der Waals surface area contributed by atoms with Crippen molar-refractivity contribution in [2.24, 2.45) is 11.7 Å². The highest BCUT2D eigenvalue weighted by Gasteiger charge is 2.24. The molecule has 0 saturated heterocycles. The van der Waals surface area contributed by atoms with Gasteiger partial charge < -0.3 is 10.5 Å². The Balaban J connectivity index is 2.44. The van der Waals surface area contributed by atoms with Crippen LogP contribution in [0.5, 0.6) is 0 Å². The maximum absolute atomic E-state index is 5.60. The van der Waals surface area contributed by atoms with E-state index in [1.165, 1.54) is 25.7 Å². The minimum atomic E-state index is 0.622. The van der Waals surface area contributed by atoms with Gasteiger partial charge in [0.15, 0.2) is 0 Å². The lowest BCUT2D eigenvalue weighted by Crippen LogP contribution is -2.41. The van der Waals surface area contributed by atoms with Crippen LogP contribution in [0.15, 0.2) is 0 Å². The molecule has 4 heteroatoms. The van der Waals surface area contributed by atoms with Crippen LogP contribution in [0.1, 0.15) is 39.0 Å². The molecule has 2 unspecified atom stereocenters. The van der Waals surface area contributed by atoms with Crippen molar-refractivity contribution in [3.63, 3.8) is 0 Å². The van der Waals surface area contributed by atoms with Gasteiger partial charge in [-0.25, -0.2) is 0 Å². The van der Waals surface area contributed by atoms with Gasteiger partial charge in [-0.05, 0) is 18.8 Å². The minimum Gasteiger partial charge on any atom is -0.393 e. The second kappa shape index (κ2) is 8.01. The molecule has 17 heavy (non-hydrogen) atoms. The van der Waals surface area contributed by atoms with E-state index < -0.39 is 0 Å². The van der Waals surface area contributed by atoms with Crippen molar-refractivity contribution in [2.75, 3.05) is 26.8 Å². The molecular formula is C13H26N2OS. The maximum atomic E-state index is 5.60. The summed E-state index contributed by atoms with van der Waals surface area (Å²) in [6, 6.07) is 0.697. The fourth-order valence-electron chi connectivity index (χ4n) is 2.67. The smallest absolute Gasteiger partial charge is 0.0740 e. The Morgan fingerprint density at radius 1 is 1.41 bits per heavy atom. The Morgan fingerprint density at radius 3 is 2.76 bits per heavy atom. The number of nitrogens with two attached hydrogens (primary N) is 1. The van der Waals surface area contributed by atoms with Crippen LogP contribution >= 0.6 is 12.2 Å². The molecule has 0 aromatic heterocycles. The molecule has 0 spiro atoms. The molecule has 0 aromatic rings. The average molecular weight is 258 g/mol. The number of methoxy groups -OCH3 is 1. The van der Waals surface area contributed by atoms with Gasteiger partial charge in [0.1, 0.15) is 0 Å². The summed E-state index contributed by atoms with van der Waals surface area (Å²) in [7, 11) is 1.76. The molecule has 0 heterocycles. The van der Waals surface area contributed by atoms with Gasteiger partial charge >= 0.3 is 0 Å². The summed E-state index contributed by atoms with van der Waals surface area (Å²) in [5, 5.41) is 0. The molecule has 1 aliphatic carbocycles. The first-order valence-electron chi connectivity index (χ1n) is 6.64. The third-order valence-electron chi connectivity index (χ3n) is 3.65. The van der Waals surface area contributed by atoms with E-state index in [0.717, 1.165) is 32.0 Å². The molecule has 0 aromatic carbocycles. The van der Waals surface area contributed by atoms with Gasteiger partial charge in [-0.2, -0.15) is 0 Å². The summed E-state index contributed by atoms with van der Waals surface area (Å²) < 4.78 is 5.19. The highest BCUT2D eigenvalue weighted by Crippen LogP contribution is 2.27. The predicted octanol–water partition coefficient (Wildman–Crippen LogP) is 2.19. The highest BCUT2D eigenvalue weighted by atomic mass is 32.1. The van der Waals surface area contributed by atoms with Crippen molar-refractivity contribution in [3.8, 4) is 0 Å². The number of hydrogen-bond acceptors (Lipinski definition) is 3. The molecular weight excluding hydrogens is 232 g/mol. The Hall–Kier alpha value is -0.190. The SMILES string of the molecule is COCCN(CCC(N)=S)C1CCCC(C)C1. The first-order valence-corrected chi connectivity index (χ1v) is 7.05.